The van der Waals surface area contributed by atoms with Crippen LogP contribution in [0.3, 0.4) is 0 Å². The number of hydrogen-bond acceptors (Lipinski definition) is 7. The molecule has 2 fully saturated rings. The number of imidazole rings is 1. The van der Waals surface area contributed by atoms with Crippen molar-refractivity contribution in [2.45, 2.75) is 109 Å². The molecule has 0 bridgehead atoms. The molecule has 1 saturated heterocycles. The largest absolute Gasteiger partial charge is 0.444 e. The number of nitrogens with zero attached hydrogens (tertiary/aromatic N) is 4. The molecule has 1 unspecified atom stereocenters. The summed E-state index contributed by atoms with van der Waals surface area (Å²) in [4.78, 5) is 43.7. The molecule has 2 aromatic rings. The maximum Gasteiger partial charge on any atom is 0.417 e. The highest BCUT2D eigenvalue weighted by Crippen LogP contribution is 2.42. The van der Waals surface area contributed by atoms with Crippen LogP contribution in [0.1, 0.15) is 90.9 Å². The summed E-state index contributed by atoms with van der Waals surface area (Å²) in [5, 5.41) is 7.08. The van der Waals surface area contributed by atoms with Gasteiger partial charge in [-0.3, -0.25) is 4.79 Å². The fourth-order valence-electron chi connectivity index (χ4n) is 5.68. The van der Waals surface area contributed by atoms with E-state index < -0.39 is 72.2 Å². The quantitative estimate of drug-likeness (QED) is 0.363. The van der Waals surface area contributed by atoms with Crippen molar-refractivity contribution in [2.75, 3.05) is 6.54 Å². The number of rotatable bonds is 5. The molecule has 3 atom stereocenters. The molecule has 0 radical (unpaired) electrons. The van der Waals surface area contributed by atoms with Crippen LogP contribution in [0.5, 0.6) is 0 Å². The second-order valence-corrected chi connectivity index (χ2v) is 14.0. The Labute approximate surface area is 258 Å². The Morgan fingerprint density at radius 3 is 2.27 bits per heavy atom. The Morgan fingerprint density at radius 2 is 1.69 bits per heavy atom. The van der Waals surface area contributed by atoms with Gasteiger partial charge in [0, 0.05) is 25.3 Å². The van der Waals surface area contributed by atoms with Gasteiger partial charge in [0.1, 0.15) is 11.2 Å². The van der Waals surface area contributed by atoms with E-state index in [9.17, 15) is 36.3 Å². The van der Waals surface area contributed by atoms with Gasteiger partial charge in [-0.2, -0.15) is 18.3 Å². The first-order valence-electron chi connectivity index (χ1n) is 14.9. The van der Waals surface area contributed by atoms with Gasteiger partial charge >= 0.3 is 18.4 Å². The van der Waals surface area contributed by atoms with Crippen molar-refractivity contribution in [3.05, 3.63) is 29.7 Å². The molecule has 1 saturated carbocycles. The number of halogens is 5. The van der Waals surface area contributed by atoms with Crippen molar-refractivity contribution < 1.29 is 45.8 Å². The molecule has 0 aromatic carbocycles. The molecule has 1 aliphatic heterocycles. The summed E-state index contributed by atoms with van der Waals surface area (Å²) in [7, 11) is 0. The van der Waals surface area contributed by atoms with Crippen molar-refractivity contribution in [3.8, 4) is 0 Å². The van der Waals surface area contributed by atoms with E-state index in [0.29, 0.717) is 16.2 Å². The third kappa shape index (κ3) is 9.03. The number of carbonyl (C=O) groups is 3. The fourth-order valence-corrected chi connectivity index (χ4v) is 5.68. The number of alkyl carbamates (subject to hydrolysis) is 1. The summed E-state index contributed by atoms with van der Waals surface area (Å²) in [6.45, 7) is 8.91. The van der Waals surface area contributed by atoms with E-state index in [2.05, 4.69) is 15.4 Å². The molecule has 2 aromatic heterocycles. The number of piperidine rings is 1. The molecule has 1 aliphatic carbocycles. The van der Waals surface area contributed by atoms with Crippen molar-refractivity contribution in [2.24, 2.45) is 17.8 Å². The number of aromatic nitrogens is 3. The molecule has 4 rings (SSSR count). The summed E-state index contributed by atoms with van der Waals surface area (Å²) in [6.07, 6.45) is -4.64. The lowest BCUT2D eigenvalue weighted by Gasteiger charge is -2.37. The number of hydrogen-bond donors (Lipinski definition) is 1. The van der Waals surface area contributed by atoms with Crippen LogP contribution in [-0.2, 0) is 20.7 Å². The van der Waals surface area contributed by atoms with Crippen molar-refractivity contribution >= 4 is 23.7 Å². The number of amides is 3. The first-order valence-corrected chi connectivity index (χ1v) is 14.9. The van der Waals surface area contributed by atoms with E-state index in [1.807, 2.05) is 0 Å². The van der Waals surface area contributed by atoms with E-state index in [0.717, 1.165) is 0 Å². The zero-order chi connectivity index (χ0) is 33.5. The van der Waals surface area contributed by atoms with Gasteiger partial charge in [-0.1, -0.05) is 0 Å². The Balaban J connectivity index is 1.59. The normalized spacial score (nSPS) is 22.3. The van der Waals surface area contributed by atoms with Crippen molar-refractivity contribution in [1.29, 1.82) is 0 Å². The third-order valence-electron chi connectivity index (χ3n) is 7.77. The van der Waals surface area contributed by atoms with E-state index in [1.54, 1.807) is 53.8 Å². The molecule has 250 valence electrons. The van der Waals surface area contributed by atoms with Gasteiger partial charge in [0.25, 0.3) is 0 Å². The molecule has 10 nitrogen and oxygen atoms in total. The highest BCUT2D eigenvalue weighted by molar-refractivity contribution is 5.94. The molecule has 45 heavy (non-hydrogen) atoms. The van der Waals surface area contributed by atoms with E-state index in [-0.39, 0.29) is 43.7 Å². The summed E-state index contributed by atoms with van der Waals surface area (Å²) in [5.74, 6) is -7.03. The molecule has 2 aliphatic rings. The molecular formula is C30H40F5N5O5. The van der Waals surface area contributed by atoms with Gasteiger partial charge in [-0.15, -0.1) is 0 Å². The number of carbonyl (C=O) groups excluding carboxylic acids is 3. The monoisotopic (exact) mass is 645 g/mol. The summed E-state index contributed by atoms with van der Waals surface area (Å²) in [6, 6.07) is 0.786. The maximum atomic E-state index is 13.9. The average Bonchev–Trinajstić information content (AvgIpc) is 3.29. The SMILES string of the molecule is CC(C)(C)OC(=O)N[C@H](c1cn2ncc(C[C@@H]3CC(C(F)(F)F)CN(C(=O)OC(C)(C)C)C3=O)cc2n1)C1CCC(F)(F)CC1. The first kappa shape index (κ1) is 34.4. The second kappa shape index (κ2) is 12.3. The van der Waals surface area contributed by atoms with Crippen LogP contribution in [0.25, 0.3) is 5.65 Å². The molecule has 3 amide bonds. The van der Waals surface area contributed by atoms with Gasteiger partial charge in [-0.25, -0.2) is 32.8 Å². The van der Waals surface area contributed by atoms with Gasteiger partial charge in [-0.05, 0) is 84.8 Å². The molecule has 1 N–H and O–H groups in total. The maximum absolute atomic E-state index is 13.9. The van der Waals surface area contributed by atoms with E-state index in [1.165, 1.54) is 10.7 Å². The minimum atomic E-state index is -4.64. The van der Waals surface area contributed by atoms with Crippen LogP contribution < -0.4 is 5.32 Å². The standard InChI is InChI=1S/C30H40F5N5O5/c1-27(2,3)44-25(42)38-23(18-7-9-29(31,32)10-8-18)21-16-40-22(37-21)12-17(14-36-40)11-19-13-20(30(33,34)35)15-39(24(19)41)26(43)45-28(4,5)6/h12,14,16,18-20,23H,7-11,13,15H2,1-6H3,(H,38,42)/t19-,20?,23+/m1/s1. The zero-order valence-corrected chi connectivity index (χ0v) is 26.2. The fraction of sp³-hybridized carbons (Fsp3) is 0.700. The predicted octanol–water partition coefficient (Wildman–Crippen LogP) is 6.63. The molecule has 3 heterocycles. The van der Waals surface area contributed by atoms with Crippen LogP contribution in [0, 0.1) is 17.8 Å². The van der Waals surface area contributed by atoms with E-state index in [4.69, 9.17) is 9.47 Å². The number of nitrogens with one attached hydrogen (secondary N) is 1. The summed E-state index contributed by atoms with van der Waals surface area (Å²) in [5.41, 5.74) is -0.786. The lowest BCUT2D eigenvalue weighted by molar-refractivity contribution is -0.192. The molecule has 0 spiro atoms. The minimum absolute atomic E-state index is 0.137. The Hall–Kier alpha value is -3.52. The highest BCUT2D eigenvalue weighted by atomic mass is 19.4. The van der Waals surface area contributed by atoms with Gasteiger partial charge < -0.3 is 14.8 Å². The van der Waals surface area contributed by atoms with Crippen LogP contribution >= 0.6 is 0 Å². The highest BCUT2D eigenvalue weighted by Gasteiger charge is 2.49. The van der Waals surface area contributed by atoms with Gasteiger partial charge in [0.2, 0.25) is 11.8 Å². The predicted molar refractivity (Wildman–Crippen MR) is 151 cm³/mol. The van der Waals surface area contributed by atoms with Gasteiger partial charge in [0.15, 0.2) is 5.65 Å². The van der Waals surface area contributed by atoms with E-state index >= 15 is 0 Å². The lowest BCUT2D eigenvalue weighted by Crippen LogP contribution is -2.53. The number of likely N-dealkylation sites (tertiary alicyclic amines) is 1. The topological polar surface area (TPSA) is 115 Å². The Bertz CT molecular complexity index is 1400. The summed E-state index contributed by atoms with van der Waals surface area (Å²) >= 11 is 0. The van der Waals surface area contributed by atoms with Crippen LogP contribution in [0.15, 0.2) is 18.5 Å². The molecule has 15 heteroatoms. The van der Waals surface area contributed by atoms with Crippen LogP contribution in [0.4, 0.5) is 31.5 Å². The van der Waals surface area contributed by atoms with Crippen LogP contribution in [-0.4, -0.2) is 67.4 Å². The minimum Gasteiger partial charge on any atom is -0.444 e. The third-order valence-corrected chi connectivity index (χ3v) is 7.77. The van der Waals surface area contributed by atoms with Crippen molar-refractivity contribution in [3.63, 3.8) is 0 Å². The number of ether oxygens (including phenoxy) is 2. The first-order chi connectivity index (χ1) is 20.6. The number of fused-ring (bicyclic) bond motifs is 1. The zero-order valence-electron chi connectivity index (χ0n) is 26.2. The van der Waals surface area contributed by atoms with Gasteiger partial charge in [0.05, 0.1) is 30.0 Å². The second-order valence-electron chi connectivity index (χ2n) is 14.0. The smallest absolute Gasteiger partial charge is 0.417 e. The average molecular weight is 646 g/mol. The Morgan fingerprint density at radius 1 is 1.07 bits per heavy atom. The number of imide groups is 1. The Kier molecular flexibility index (Phi) is 9.43. The van der Waals surface area contributed by atoms with Crippen LogP contribution in [0.2, 0.25) is 0 Å². The molecular weight excluding hydrogens is 605 g/mol. The summed E-state index contributed by atoms with van der Waals surface area (Å²) < 4.78 is 81.3. The lowest BCUT2D eigenvalue weighted by atomic mass is 9.81. The number of alkyl halides is 5. The van der Waals surface area contributed by atoms with Crippen molar-refractivity contribution in [1.82, 2.24) is 24.8 Å².